The van der Waals surface area contributed by atoms with Gasteiger partial charge in [0.25, 0.3) is 0 Å². The van der Waals surface area contributed by atoms with Crippen LogP contribution in [0, 0.1) is 0 Å². The summed E-state index contributed by atoms with van der Waals surface area (Å²) in [5.41, 5.74) is 4.20. The van der Waals surface area contributed by atoms with Gasteiger partial charge in [0.05, 0.1) is 23.3 Å². The molecule has 0 saturated carbocycles. The highest BCUT2D eigenvalue weighted by Gasteiger charge is 2.39. The lowest BCUT2D eigenvalue weighted by molar-refractivity contribution is -0.122. The summed E-state index contributed by atoms with van der Waals surface area (Å²) in [4.78, 5) is 25.7. The fourth-order valence-electron chi connectivity index (χ4n) is 5.25. The first kappa shape index (κ1) is 26.0. The summed E-state index contributed by atoms with van der Waals surface area (Å²) in [5, 5.41) is 3.89. The van der Waals surface area contributed by atoms with E-state index in [4.69, 9.17) is 11.6 Å². The molecule has 6 nitrogen and oxygen atoms in total. The normalized spacial score (nSPS) is 18.8. The van der Waals surface area contributed by atoms with Crippen molar-refractivity contribution in [2.45, 2.75) is 25.3 Å². The number of halogens is 1. The minimum absolute atomic E-state index is 0.0276. The van der Waals surface area contributed by atoms with Gasteiger partial charge in [0, 0.05) is 43.4 Å². The van der Waals surface area contributed by atoms with Crippen LogP contribution in [-0.2, 0) is 10.3 Å². The van der Waals surface area contributed by atoms with Crippen molar-refractivity contribution in [1.29, 1.82) is 0 Å². The Hall–Kier alpha value is -3.61. The maximum absolute atomic E-state index is 13.0. The lowest BCUT2D eigenvalue weighted by Crippen LogP contribution is -2.60. The second-order valence-electron chi connectivity index (χ2n) is 10.1. The van der Waals surface area contributed by atoms with Crippen molar-refractivity contribution in [3.63, 3.8) is 0 Å². The maximum Gasteiger partial charge on any atom is 0.230 e. The second kappa shape index (κ2) is 11.4. The highest BCUT2D eigenvalue weighted by molar-refractivity contribution is 6.30. The molecule has 4 aromatic rings. The average Bonchev–Trinajstić information content (AvgIpc) is 3.45. The number of H-pyrrole nitrogens is 1. The molecule has 5 rings (SSSR count). The Morgan fingerprint density at radius 2 is 1.71 bits per heavy atom. The van der Waals surface area contributed by atoms with Crippen molar-refractivity contribution in [3.8, 4) is 11.3 Å². The first-order valence-electron chi connectivity index (χ1n) is 13.1. The summed E-state index contributed by atoms with van der Waals surface area (Å²) >= 11 is 6.13. The third kappa shape index (κ3) is 5.62. The topological polar surface area (TPSA) is 64.3 Å². The lowest BCUT2D eigenvalue weighted by atomic mass is 9.87. The van der Waals surface area contributed by atoms with E-state index in [9.17, 15) is 4.79 Å². The van der Waals surface area contributed by atoms with E-state index in [0.717, 1.165) is 42.5 Å². The summed E-state index contributed by atoms with van der Waals surface area (Å²) in [7, 11) is 0. The van der Waals surface area contributed by atoms with Gasteiger partial charge < -0.3 is 15.2 Å². The highest BCUT2D eigenvalue weighted by atomic mass is 35.5. The lowest BCUT2D eigenvalue weighted by Gasteiger charge is -2.50. The number of piperazine rings is 1. The monoisotopic (exact) mass is 527 g/mol. The Kier molecular flexibility index (Phi) is 7.82. The molecule has 1 amide bonds. The van der Waals surface area contributed by atoms with Crippen LogP contribution in [-0.4, -0.2) is 53.5 Å². The van der Waals surface area contributed by atoms with Gasteiger partial charge >= 0.3 is 0 Å². The van der Waals surface area contributed by atoms with Crippen LogP contribution in [0.25, 0.3) is 11.3 Å². The van der Waals surface area contributed by atoms with Gasteiger partial charge in [-0.15, -0.1) is 0 Å². The summed E-state index contributed by atoms with van der Waals surface area (Å²) in [6, 6.07) is 28.7. The number of hydrogen-bond donors (Lipinski definition) is 2. The van der Waals surface area contributed by atoms with Gasteiger partial charge in [-0.25, -0.2) is 4.98 Å². The Bertz CT molecular complexity index is 1340. The molecule has 3 aromatic carbocycles. The second-order valence-corrected chi connectivity index (χ2v) is 10.5. The number of amides is 1. The van der Waals surface area contributed by atoms with Crippen LogP contribution in [0.4, 0.5) is 5.69 Å². The number of imidazole rings is 1. The number of aromatic nitrogens is 2. The number of anilines is 1. The SMILES string of the molecule is CC(C(=O)NCCN1CCN(c2ccc(Cl)cc2)CC1(C)c1ccccc1)c1ncc(-c2ccccc2)[nH]1. The van der Waals surface area contributed by atoms with E-state index < -0.39 is 0 Å². The molecule has 1 saturated heterocycles. The molecule has 1 fully saturated rings. The van der Waals surface area contributed by atoms with Crippen LogP contribution in [0.1, 0.15) is 31.2 Å². The smallest absolute Gasteiger partial charge is 0.230 e. The van der Waals surface area contributed by atoms with E-state index in [2.05, 4.69) is 74.5 Å². The fourth-order valence-corrected chi connectivity index (χ4v) is 5.38. The molecule has 0 aliphatic carbocycles. The summed E-state index contributed by atoms with van der Waals surface area (Å²) in [6.07, 6.45) is 1.79. The summed E-state index contributed by atoms with van der Waals surface area (Å²) in [6.45, 7) is 8.15. The molecule has 2 atom stereocenters. The van der Waals surface area contributed by atoms with Gasteiger partial charge in [0.1, 0.15) is 5.82 Å². The fraction of sp³-hybridized carbons (Fsp3) is 0.290. The molecule has 2 N–H and O–H groups in total. The van der Waals surface area contributed by atoms with Crippen molar-refractivity contribution in [3.05, 3.63) is 108 Å². The van der Waals surface area contributed by atoms with Crippen molar-refractivity contribution in [2.24, 2.45) is 0 Å². The molecule has 1 aliphatic heterocycles. The molecule has 2 unspecified atom stereocenters. The molecular formula is C31H34ClN5O. The number of aromatic amines is 1. The molecule has 7 heteroatoms. The van der Waals surface area contributed by atoms with Crippen LogP contribution >= 0.6 is 11.6 Å². The molecule has 0 bridgehead atoms. The van der Waals surface area contributed by atoms with Crippen molar-refractivity contribution >= 4 is 23.2 Å². The maximum atomic E-state index is 13.0. The Morgan fingerprint density at radius 3 is 2.42 bits per heavy atom. The number of carbonyl (C=O) groups is 1. The van der Waals surface area contributed by atoms with Gasteiger partial charge in [0.2, 0.25) is 5.91 Å². The zero-order valence-electron chi connectivity index (χ0n) is 21.9. The molecule has 38 heavy (non-hydrogen) atoms. The van der Waals surface area contributed by atoms with Crippen molar-refractivity contribution < 1.29 is 4.79 Å². The van der Waals surface area contributed by atoms with E-state index >= 15 is 0 Å². The Labute approximate surface area is 229 Å². The van der Waals surface area contributed by atoms with E-state index in [1.807, 2.05) is 49.4 Å². The summed E-state index contributed by atoms with van der Waals surface area (Å²) in [5.74, 6) is 0.280. The molecule has 2 heterocycles. The zero-order chi connectivity index (χ0) is 26.5. The first-order chi connectivity index (χ1) is 18.4. The van der Waals surface area contributed by atoms with Crippen LogP contribution in [0.15, 0.2) is 91.1 Å². The van der Waals surface area contributed by atoms with Crippen LogP contribution in [0.5, 0.6) is 0 Å². The number of nitrogens with zero attached hydrogens (tertiary/aromatic N) is 3. The van der Waals surface area contributed by atoms with E-state index in [0.29, 0.717) is 12.4 Å². The molecular weight excluding hydrogens is 494 g/mol. The Morgan fingerprint density at radius 1 is 1.03 bits per heavy atom. The molecule has 1 aromatic heterocycles. The average molecular weight is 528 g/mol. The van der Waals surface area contributed by atoms with Gasteiger partial charge in [-0.2, -0.15) is 0 Å². The van der Waals surface area contributed by atoms with E-state index in [1.54, 1.807) is 6.20 Å². The minimum atomic E-state index is -0.366. The number of rotatable bonds is 8. The van der Waals surface area contributed by atoms with E-state index in [1.165, 1.54) is 11.3 Å². The predicted molar refractivity (Wildman–Crippen MR) is 154 cm³/mol. The largest absolute Gasteiger partial charge is 0.368 e. The molecule has 0 radical (unpaired) electrons. The first-order valence-corrected chi connectivity index (χ1v) is 13.5. The number of carbonyl (C=O) groups excluding carboxylic acids is 1. The number of nitrogens with one attached hydrogen (secondary N) is 2. The molecule has 0 spiro atoms. The van der Waals surface area contributed by atoms with E-state index in [-0.39, 0.29) is 17.4 Å². The van der Waals surface area contributed by atoms with Gasteiger partial charge in [-0.05, 0) is 49.2 Å². The third-order valence-corrected chi connectivity index (χ3v) is 7.84. The highest BCUT2D eigenvalue weighted by Crippen LogP contribution is 2.34. The van der Waals surface area contributed by atoms with Crippen molar-refractivity contribution in [1.82, 2.24) is 20.2 Å². The number of hydrogen-bond acceptors (Lipinski definition) is 4. The Balaban J connectivity index is 1.24. The minimum Gasteiger partial charge on any atom is -0.368 e. The quantitative estimate of drug-likeness (QED) is 0.309. The van der Waals surface area contributed by atoms with Crippen LogP contribution in [0.2, 0.25) is 5.02 Å². The van der Waals surface area contributed by atoms with Gasteiger partial charge in [-0.3, -0.25) is 9.69 Å². The van der Waals surface area contributed by atoms with Gasteiger partial charge in [0.15, 0.2) is 0 Å². The summed E-state index contributed by atoms with van der Waals surface area (Å²) < 4.78 is 0. The molecule has 1 aliphatic rings. The third-order valence-electron chi connectivity index (χ3n) is 7.59. The molecule has 196 valence electrons. The van der Waals surface area contributed by atoms with Crippen molar-refractivity contribution in [2.75, 3.05) is 37.6 Å². The van der Waals surface area contributed by atoms with Crippen LogP contribution < -0.4 is 10.2 Å². The number of benzene rings is 3. The standard InChI is InChI=1S/C31H34ClN5O/c1-23(29-34-21-28(35-29)24-9-5-3-6-10-24)30(38)33-17-18-37-20-19-36(27-15-13-26(32)14-16-27)22-31(37,2)25-11-7-4-8-12-25/h3-16,21,23H,17-20,22H2,1-2H3,(H,33,38)(H,34,35). The predicted octanol–water partition coefficient (Wildman–Crippen LogP) is 5.69. The zero-order valence-corrected chi connectivity index (χ0v) is 22.7. The van der Waals surface area contributed by atoms with Gasteiger partial charge in [-0.1, -0.05) is 72.3 Å². The van der Waals surface area contributed by atoms with Crippen LogP contribution in [0.3, 0.4) is 0 Å².